The van der Waals surface area contributed by atoms with Gasteiger partial charge in [0.1, 0.15) is 0 Å². The molecule has 0 aliphatic carbocycles. The lowest BCUT2D eigenvalue weighted by Gasteiger charge is -2.36. The van der Waals surface area contributed by atoms with Crippen molar-refractivity contribution in [1.82, 2.24) is 25.1 Å². The Morgan fingerprint density at radius 1 is 1.10 bits per heavy atom. The number of aliphatic imine (C=N–C) groups is 1. The molecule has 2 aromatic rings. The van der Waals surface area contributed by atoms with E-state index in [9.17, 15) is 0 Å². The molecule has 1 aliphatic heterocycles. The highest BCUT2D eigenvalue weighted by Crippen LogP contribution is 2.11. The first-order valence-electron chi connectivity index (χ1n) is 11.0. The van der Waals surface area contributed by atoms with Crippen molar-refractivity contribution in [3.8, 4) is 0 Å². The van der Waals surface area contributed by atoms with Crippen molar-refractivity contribution in [2.24, 2.45) is 4.99 Å². The van der Waals surface area contributed by atoms with Crippen LogP contribution in [0.4, 0.5) is 5.95 Å². The van der Waals surface area contributed by atoms with E-state index < -0.39 is 0 Å². The Morgan fingerprint density at radius 3 is 2.47 bits per heavy atom. The van der Waals surface area contributed by atoms with E-state index >= 15 is 0 Å². The molecule has 7 heteroatoms. The first kappa shape index (κ1) is 22.0. The molecule has 1 N–H and O–H groups in total. The third-order valence-corrected chi connectivity index (χ3v) is 5.58. The van der Waals surface area contributed by atoms with Crippen LogP contribution in [0, 0.1) is 0 Å². The number of aromatic nitrogens is 2. The Hall–Kier alpha value is -2.67. The second kappa shape index (κ2) is 11.5. The predicted octanol–water partition coefficient (Wildman–Crippen LogP) is 2.47. The standard InChI is InChI=1S/C23H35N7/c1-4-24-22(29-15-17-30(18-16-29)23-25-12-8-13-26-23)27-14-11-20(2)28(3)19-21-9-6-5-7-10-21/h5-10,12-13,20H,4,11,14-19H2,1-3H3,(H,24,27). The number of piperazine rings is 1. The van der Waals surface area contributed by atoms with E-state index in [1.165, 1.54) is 5.56 Å². The molecule has 1 aromatic carbocycles. The van der Waals surface area contributed by atoms with Crippen molar-refractivity contribution >= 4 is 11.9 Å². The largest absolute Gasteiger partial charge is 0.357 e. The summed E-state index contributed by atoms with van der Waals surface area (Å²) in [4.78, 5) is 20.6. The Morgan fingerprint density at radius 2 is 1.80 bits per heavy atom. The van der Waals surface area contributed by atoms with Crippen LogP contribution in [0.5, 0.6) is 0 Å². The number of nitrogens with zero attached hydrogens (tertiary/aromatic N) is 6. The van der Waals surface area contributed by atoms with Gasteiger partial charge in [0.05, 0.1) is 0 Å². The molecule has 0 saturated carbocycles. The minimum absolute atomic E-state index is 0.476. The van der Waals surface area contributed by atoms with Gasteiger partial charge < -0.3 is 15.1 Å². The molecule has 1 fully saturated rings. The van der Waals surface area contributed by atoms with Crippen LogP contribution >= 0.6 is 0 Å². The smallest absolute Gasteiger partial charge is 0.225 e. The van der Waals surface area contributed by atoms with Crippen molar-refractivity contribution in [3.63, 3.8) is 0 Å². The maximum Gasteiger partial charge on any atom is 0.225 e. The number of nitrogens with one attached hydrogen (secondary N) is 1. The van der Waals surface area contributed by atoms with E-state index in [-0.39, 0.29) is 0 Å². The predicted molar refractivity (Wildman–Crippen MR) is 124 cm³/mol. The fraction of sp³-hybridized carbons (Fsp3) is 0.522. The van der Waals surface area contributed by atoms with Gasteiger partial charge in [-0.15, -0.1) is 0 Å². The second-order valence-corrected chi connectivity index (χ2v) is 7.80. The van der Waals surface area contributed by atoms with Crippen molar-refractivity contribution in [2.45, 2.75) is 32.9 Å². The van der Waals surface area contributed by atoms with E-state index in [1.54, 1.807) is 12.4 Å². The van der Waals surface area contributed by atoms with Gasteiger partial charge >= 0.3 is 0 Å². The summed E-state index contributed by atoms with van der Waals surface area (Å²) in [5, 5.41) is 3.46. The van der Waals surface area contributed by atoms with Gasteiger partial charge in [-0.25, -0.2) is 9.97 Å². The molecular weight excluding hydrogens is 374 g/mol. The van der Waals surface area contributed by atoms with Gasteiger partial charge in [0.15, 0.2) is 5.96 Å². The molecule has 0 radical (unpaired) electrons. The zero-order chi connectivity index (χ0) is 21.2. The topological polar surface area (TPSA) is 59.9 Å². The maximum absolute atomic E-state index is 4.92. The highest BCUT2D eigenvalue weighted by Gasteiger charge is 2.21. The summed E-state index contributed by atoms with van der Waals surface area (Å²) in [6.07, 6.45) is 4.64. The molecule has 1 saturated heterocycles. The van der Waals surface area contributed by atoms with Crippen molar-refractivity contribution in [1.29, 1.82) is 0 Å². The first-order valence-corrected chi connectivity index (χ1v) is 11.0. The second-order valence-electron chi connectivity index (χ2n) is 7.80. The zero-order valence-corrected chi connectivity index (χ0v) is 18.5. The van der Waals surface area contributed by atoms with E-state index in [4.69, 9.17) is 4.99 Å². The molecule has 30 heavy (non-hydrogen) atoms. The Balaban J connectivity index is 1.48. The lowest BCUT2D eigenvalue weighted by atomic mass is 10.1. The molecule has 3 rings (SSSR count). The van der Waals surface area contributed by atoms with Gasteiger partial charge in [0, 0.05) is 64.2 Å². The Kier molecular flexibility index (Phi) is 8.44. The number of hydrogen-bond acceptors (Lipinski definition) is 5. The lowest BCUT2D eigenvalue weighted by Crippen LogP contribution is -2.53. The number of anilines is 1. The fourth-order valence-corrected chi connectivity index (χ4v) is 3.60. The molecule has 162 valence electrons. The fourth-order valence-electron chi connectivity index (χ4n) is 3.60. The molecule has 1 aliphatic rings. The van der Waals surface area contributed by atoms with E-state index in [2.05, 4.69) is 81.2 Å². The molecule has 7 nitrogen and oxygen atoms in total. The highest BCUT2D eigenvalue weighted by atomic mass is 15.4. The number of rotatable bonds is 8. The summed E-state index contributed by atoms with van der Waals surface area (Å²) >= 11 is 0. The van der Waals surface area contributed by atoms with Crippen LogP contribution in [0.1, 0.15) is 25.8 Å². The van der Waals surface area contributed by atoms with E-state index in [0.717, 1.165) is 64.1 Å². The molecule has 2 heterocycles. The summed E-state index contributed by atoms with van der Waals surface area (Å²) in [5.74, 6) is 1.83. The van der Waals surface area contributed by atoms with Gasteiger partial charge in [0.2, 0.25) is 5.95 Å². The molecule has 1 atom stereocenters. The molecule has 0 bridgehead atoms. The summed E-state index contributed by atoms with van der Waals surface area (Å²) in [6, 6.07) is 13.0. The van der Waals surface area contributed by atoms with E-state index in [0.29, 0.717) is 6.04 Å². The molecule has 1 unspecified atom stereocenters. The van der Waals surface area contributed by atoms with Crippen LogP contribution in [0.15, 0.2) is 53.8 Å². The van der Waals surface area contributed by atoms with Crippen LogP contribution in [0.25, 0.3) is 0 Å². The number of guanidine groups is 1. The molecule has 1 aromatic heterocycles. The van der Waals surface area contributed by atoms with Crippen molar-refractivity contribution in [2.75, 3.05) is 51.2 Å². The lowest BCUT2D eigenvalue weighted by molar-refractivity contribution is 0.240. The summed E-state index contributed by atoms with van der Waals surface area (Å²) in [5.41, 5.74) is 1.35. The van der Waals surface area contributed by atoms with Gasteiger partial charge in [-0.2, -0.15) is 0 Å². The number of benzene rings is 1. The van der Waals surface area contributed by atoms with Gasteiger partial charge in [-0.05, 0) is 38.9 Å². The third kappa shape index (κ3) is 6.42. The summed E-state index contributed by atoms with van der Waals surface area (Å²) in [6.45, 7) is 10.7. The van der Waals surface area contributed by atoms with Crippen LogP contribution in [-0.4, -0.2) is 78.1 Å². The zero-order valence-electron chi connectivity index (χ0n) is 18.5. The molecule has 0 amide bonds. The third-order valence-electron chi connectivity index (χ3n) is 5.58. The average Bonchev–Trinajstić information content (AvgIpc) is 2.80. The highest BCUT2D eigenvalue weighted by molar-refractivity contribution is 5.80. The van der Waals surface area contributed by atoms with E-state index in [1.807, 2.05) is 6.07 Å². The van der Waals surface area contributed by atoms with Crippen molar-refractivity contribution in [3.05, 3.63) is 54.4 Å². The van der Waals surface area contributed by atoms with Gasteiger partial charge in [0.25, 0.3) is 0 Å². The quantitative estimate of drug-likeness (QED) is 0.534. The van der Waals surface area contributed by atoms with Crippen LogP contribution in [0.2, 0.25) is 0 Å². The van der Waals surface area contributed by atoms with Gasteiger partial charge in [-0.1, -0.05) is 30.3 Å². The molecular formula is C23H35N7. The first-order chi connectivity index (χ1) is 14.7. The Labute approximate surface area is 180 Å². The Bertz CT molecular complexity index is 758. The minimum Gasteiger partial charge on any atom is -0.357 e. The monoisotopic (exact) mass is 409 g/mol. The van der Waals surface area contributed by atoms with Crippen molar-refractivity contribution < 1.29 is 0 Å². The normalized spacial score (nSPS) is 16.1. The maximum atomic E-state index is 4.92. The molecule has 0 spiro atoms. The minimum atomic E-state index is 0.476. The average molecular weight is 410 g/mol. The number of hydrogen-bond donors (Lipinski definition) is 1. The van der Waals surface area contributed by atoms with Crippen LogP contribution in [0.3, 0.4) is 0 Å². The van der Waals surface area contributed by atoms with Crippen LogP contribution < -0.4 is 10.2 Å². The summed E-state index contributed by atoms with van der Waals surface area (Å²) in [7, 11) is 2.19. The van der Waals surface area contributed by atoms with Crippen LogP contribution in [-0.2, 0) is 6.54 Å². The van der Waals surface area contributed by atoms with Gasteiger partial charge in [-0.3, -0.25) is 9.89 Å². The SMILES string of the molecule is CCNC(=NCCC(C)N(C)Cc1ccccc1)N1CCN(c2ncccn2)CC1. The summed E-state index contributed by atoms with van der Waals surface area (Å²) < 4.78 is 0.